The Morgan fingerprint density at radius 1 is 1.06 bits per heavy atom. The third kappa shape index (κ3) is 9.59. The van der Waals surface area contributed by atoms with Gasteiger partial charge in [-0.3, -0.25) is 24.2 Å². The van der Waals surface area contributed by atoms with Crippen LogP contribution in [-0.4, -0.2) is 77.9 Å². The first-order chi connectivity index (χ1) is 15.0. The normalized spacial score (nSPS) is 18.0. The van der Waals surface area contributed by atoms with Crippen LogP contribution in [0.4, 0.5) is 0 Å². The lowest BCUT2D eigenvalue weighted by Gasteiger charge is -2.23. The Balaban J connectivity index is 2.79. The first kappa shape index (κ1) is 26.6. The summed E-state index contributed by atoms with van der Waals surface area (Å²) in [5.41, 5.74) is 15.5. The SMILES string of the molecule is CC(NC(=O)C1CCCN1)C(=O)NC(CCCN=C(N)N)C(=O)NC(CC(N)=O)C(=O)O. The summed E-state index contributed by atoms with van der Waals surface area (Å²) in [6, 6.07) is -4.04. The number of nitrogens with zero attached hydrogens (tertiary/aromatic N) is 1. The molecule has 4 amide bonds. The van der Waals surface area contributed by atoms with E-state index in [0.717, 1.165) is 6.42 Å². The quantitative estimate of drug-likeness (QED) is 0.0768. The van der Waals surface area contributed by atoms with Crippen molar-refractivity contribution in [3.05, 3.63) is 0 Å². The maximum absolute atomic E-state index is 12.6. The largest absolute Gasteiger partial charge is 0.480 e. The van der Waals surface area contributed by atoms with Crippen molar-refractivity contribution in [2.24, 2.45) is 22.2 Å². The van der Waals surface area contributed by atoms with Crippen molar-refractivity contribution in [1.82, 2.24) is 21.3 Å². The van der Waals surface area contributed by atoms with Crippen molar-refractivity contribution in [2.45, 2.75) is 63.2 Å². The van der Waals surface area contributed by atoms with Gasteiger partial charge >= 0.3 is 5.97 Å². The minimum Gasteiger partial charge on any atom is -0.480 e. The number of guanidine groups is 1. The Bertz CT molecular complexity index is 733. The number of carboxylic acid groups (broad SMARTS) is 1. The Hall–Kier alpha value is -3.42. The number of carboxylic acids is 1. The molecule has 0 aromatic carbocycles. The molecule has 0 bridgehead atoms. The van der Waals surface area contributed by atoms with Gasteiger partial charge in [-0.1, -0.05) is 0 Å². The van der Waals surface area contributed by atoms with E-state index in [2.05, 4.69) is 26.3 Å². The molecule has 1 aliphatic rings. The molecule has 180 valence electrons. The molecule has 1 aliphatic heterocycles. The second kappa shape index (κ2) is 13.1. The van der Waals surface area contributed by atoms with Gasteiger partial charge in [0.1, 0.15) is 18.1 Å². The number of aliphatic carboxylic acids is 1. The van der Waals surface area contributed by atoms with E-state index in [1.54, 1.807) is 0 Å². The molecule has 0 aliphatic carbocycles. The van der Waals surface area contributed by atoms with Gasteiger partial charge in [0.05, 0.1) is 12.5 Å². The Labute approximate surface area is 185 Å². The number of hydrogen-bond acceptors (Lipinski definition) is 7. The van der Waals surface area contributed by atoms with Gasteiger partial charge in [-0.25, -0.2) is 4.79 Å². The maximum atomic E-state index is 12.6. The molecule has 14 nitrogen and oxygen atoms in total. The van der Waals surface area contributed by atoms with Crippen molar-refractivity contribution in [1.29, 1.82) is 0 Å². The van der Waals surface area contributed by atoms with E-state index in [1.807, 2.05) is 0 Å². The van der Waals surface area contributed by atoms with Gasteiger partial charge in [0.15, 0.2) is 5.96 Å². The monoisotopic (exact) mass is 456 g/mol. The van der Waals surface area contributed by atoms with Crippen LogP contribution in [0.1, 0.15) is 39.0 Å². The minimum absolute atomic E-state index is 0.0715. The zero-order valence-corrected chi connectivity index (χ0v) is 17.9. The first-order valence-electron chi connectivity index (χ1n) is 10.2. The van der Waals surface area contributed by atoms with Crippen molar-refractivity contribution >= 4 is 35.6 Å². The summed E-state index contributed by atoms with van der Waals surface area (Å²) in [6.07, 6.45) is 1.26. The third-order valence-electron chi connectivity index (χ3n) is 4.73. The van der Waals surface area contributed by atoms with Crippen LogP contribution in [0.25, 0.3) is 0 Å². The predicted molar refractivity (Wildman–Crippen MR) is 114 cm³/mol. The first-order valence-corrected chi connectivity index (χ1v) is 10.2. The highest BCUT2D eigenvalue weighted by molar-refractivity contribution is 5.94. The predicted octanol–water partition coefficient (Wildman–Crippen LogP) is -3.77. The zero-order chi connectivity index (χ0) is 24.3. The molecule has 4 atom stereocenters. The van der Waals surface area contributed by atoms with E-state index in [9.17, 15) is 29.1 Å². The van der Waals surface area contributed by atoms with E-state index in [4.69, 9.17) is 17.2 Å². The van der Waals surface area contributed by atoms with Gasteiger partial charge in [-0.05, 0) is 39.2 Å². The Morgan fingerprint density at radius 3 is 2.25 bits per heavy atom. The fourth-order valence-corrected chi connectivity index (χ4v) is 3.03. The van der Waals surface area contributed by atoms with Gasteiger partial charge in [-0.2, -0.15) is 0 Å². The third-order valence-corrected chi connectivity index (χ3v) is 4.73. The van der Waals surface area contributed by atoms with E-state index < -0.39 is 48.2 Å². The van der Waals surface area contributed by atoms with Crippen LogP contribution in [0.3, 0.4) is 0 Å². The topological polar surface area (TPSA) is 244 Å². The number of nitrogens with two attached hydrogens (primary N) is 3. The van der Waals surface area contributed by atoms with Gasteiger partial charge < -0.3 is 43.6 Å². The van der Waals surface area contributed by atoms with E-state index in [1.165, 1.54) is 6.92 Å². The smallest absolute Gasteiger partial charge is 0.326 e. The van der Waals surface area contributed by atoms with Crippen LogP contribution in [0, 0.1) is 0 Å². The number of hydrogen-bond donors (Lipinski definition) is 8. The summed E-state index contributed by atoms with van der Waals surface area (Å²) < 4.78 is 0. The van der Waals surface area contributed by atoms with E-state index in [-0.39, 0.29) is 37.3 Å². The fraction of sp³-hybridized carbons (Fsp3) is 0.667. The molecule has 1 saturated heterocycles. The van der Waals surface area contributed by atoms with E-state index >= 15 is 0 Å². The van der Waals surface area contributed by atoms with Crippen LogP contribution in [0.2, 0.25) is 0 Å². The molecule has 14 heteroatoms. The molecule has 1 fully saturated rings. The number of rotatable bonds is 13. The number of carbonyl (C=O) groups excluding carboxylic acids is 4. The van der Waals surface area contributed by atoms with Crippen molar-refractivity contribution in [2.75, 3.05) is 13.1 Å². The summed E-state index contributed by atoms with van der Waals surface area (Å²) in [4.78, 5) is 63.6. The number of amides is 4. The number of carbonyl (C=O) groups is 5. The molecule has 0 aromatic rings. The van der Waals surface area contributed by atoms with Gasteiger partial charge in [-0.15, -0.1) is 0 Å². The lowest BCUT2D eigenvalue weighted by Crippen LogP contribution is -2.56. The average molecular weight is 457 g/mol. The molecule has 4 unspecified atom stereocenters. The highest BCUT2D eigenvalue weighted by atomic mass is 16.4. The summed E-state index contributed by atoms with van der Waals surface area (Å²) in [5.74, 6) is -4.30. The molecule has 32 heavy (non-hydrogen) atoms. The van der Waals surface area contributed by atoms with Gasteiger partial charge in [0.25, 0.3) is 0 Å². The molecule has 1 rings (SSSR count). The molecule has 0 saturated carbocycles. The molecule has 0 spiro atoms. The summed E-state index contributed by atoms with van der Waals surface area (Å²) in [5, 5.41) is 19.5. The van der Waals surface area contributed by atoms with Crippen LogP contribution in [-0.2, 0) is 24.0 Å². The van der Waals surface area contributed by atoms with Gasteiger partial charge in [0.2, 0.25) is 23.6 Å². The van der Waals surface area contributed by atoms with Crippen molar-refractivity contribution in [3.63, 3.8) is 0 Å². The highest BCUT2D eigenvalue weighted by Crippen LogP contribution is 2.06. The van der Waals surface area contributed by atoms with Crippen LogP contribution in [0.5, 0.6) is 0 Å². The maximum Gasteiger partial charge on any atom is 0.326 e. The summed E-state index contributed by atoms with van der Waals surface area (Å²) in [7, 11) is 0. The Morgan fingerprint density at radius 2 is 1.72 bits per heavy atom. The lowest BCUT2D eigenvalue weighted by molar-refractivity contribution is -0.143. The second-order valence-corrected chi connectivity index (χ2v) is 7.46. The van der Waals surface area contributed by atoms with Gasteiger partial charge in [0, 0.05) is 6.54 Å². The lowest BCUT2D eigenvalue weighted by atomic mass is 10.1. The van der Waals surface area contributed by atoms with Crippen LogP contribution >= 0.6 is 0 Å². The number of nitrogens with one attached hydrogen (secondary N) is 4. The zero-order valence-electron chi connectivity index (χ0n) is 17.9. The molecule has 11 N–H and O–H groups in total. The molecular weight excluding hydrogens is 424 g/mol. The van der Waals surface area contributed by atoms with Crippen LogP contribution < -0.4 is 38.5 Å². The minimum atomic E-state index is -1.55. The number of primary amides is 1. The van der Waals surface area contributed by atoms with E-state index in [0.29, 0.717) is 13.0 Å². The average Bonchev–Trinajstić information content (AvgIpc) is 3.23. The summed E-state index contributed by atoms with van der Waals surface area (Å²) >= 11 is 0. The fourth-order valence-electron chi connectivity index (χ4n) is 3.03. The molecule has 0 radical (unpaired) electrons. The van der Waals surface area contributed by atoms with Crippen molar-refractivity contribution < 1.29 is 29.1 Å². The highest BCUT2D eigenvalue weighted by Gasteiger charge is 2.30. The van der Waals surface area contributed by atoms with Crippen LogP contribution in [0.15, 0.2) is 4.99 Å². The Kier molecular flexibility index (Phi) is 10.9. The number of aliphatic imine (C=N–C) groups is 1. The molecule has 0 aromatic heterocycles. The molecule has 1 heterocycles. The second-order valence-electron chi connectivity index (χ2n) is 7.46. The summed E-state index contributed by atoms with van der Waals surface area (Å²) in [6.45, 7) is 2.35. The standard InChI is InChI=1S/C18H32N8O6/c1-9(24-15(29)10-4-2-6-22-10)14(28)25-11(5-3-7-23-18(20)21)16(30)26-12(17(31)32)8-13(19)27/h9-12,22H,2-8H2,1H3,(H2,19,27)(H,24,29)(H,25,28)(H,26,30)(H,31,32)(H4,20,21,23). The molecular formula is C18H32N8O6. The van der Waals surface area contributed by atoms with Crippen molar-refractivity contribution in [3.8, 4) is 0 Å².